The smallest absolute Gasteiger partial charge is 0.328 e. The number of nitrogens with zero attached hydrogens (tertiary/aromatic N) is 1. The van der Waals surface area contributed by atoms with Crippen molar-refractivity contribution in [3.63, 3.8) is 0 Å². The van der Waals surface area contributed by atoms with Crippen molar-refractivity contribution < 1.29 is 24.2 Å². The molecule has 114 valence electrons. The van der Waals surface area contributed by atoms with Crippen LogP contribution in [0, 0.1) is 0 Å². The summed E-state index contributed by atoms with van der Waals surface area (Å²) in [6.45, 7) is 2.10. The van der Waals surface area contributed by atoms with Gasteiger partial charge in [0.2, 0.25) is 0 Å². The van der Waals surface area contributed by atoms with E-state index in [0.717, 1.165) is 0 Å². The summed E-state index contributed by atoms with van der Waals surface area (Å²) in [6, 6.07) is 5.82. The summed E-state index contributed by atoms with van der Waals surface area (Å²) in [4.78, 5) is 24.8. The minimum absolute atomic E-state index is 0.0140. The van der Waals surface area contributed by atoms with Crippen LogP contribution in [0.1, 0.15) is 6.92 Å². The molecular weight excluding hydrogens is 298 g/mol. The number of halogens is 1. The minimum atomic E-state index is -1.09. The number of carbonyl (C=O) groups is 2. The molecule has 1 aromatic carbocycles. The molecule has 2 rings (SSSR count). The number of hydrogen-bond acceptors (Lipinski definition) is 4. The maximum absolute atomic E-state index is 12.4. The maximum Gasteiger partial charge on any atom is 0.328 e. The van der Waals surface area contributed by atoms with Crippen molar-refractivity contribution in [3.05, 3.63) is 29.3 Å². The summed E-state index contributed by atoms with van der Waals surface area (Å²) in [5, 5.41) is 9.53. The number of carbonyl (C=O) groups excluding carboxylic acids is 1. The lowest BCUT2D eigenvalue weighted by Crippen LogP contribution is -2.55. The van der Waals surface area contributed by atoms with Crippen LogP contribution < -0.4 is 4.74 Å². The highest BCUT2D eigenvalue weighted by atomic mass is 35.5. The van der Waals surface area contributed by atoms with Crippen LogP contribution in [0.4, 0.5) is 0 Å². The largest absolute Gasteiger partial charge is 0.480 e. The highest BCUT2D eigenvalue weighted by molar-refractivity contribution is 6.32. The van der Waals surface area contributed by atoms with Crippen molar-refractivity contribution in [2.24, 2.45) is 0 Å². The minimum Gasteiger partial charge on any atom is -0.480 e. The van der Waals surface area contributed by atoms with Crippen LogP contribution in [0.25, 0.3) is 0 Å². The Hall–Kier alpha value is -1.79. The van der Waals surface area contributed by atoms with E-state index in [1.165, 1.54) is 4.90 Å². The van der Waals surface area contributed by atoms with E-state index in [4.69, 9.17) is 26.2 Å². The standard InChI is InChI=1S/C14H16ClNO5/c1-9(21-12-5-3-2-4-10(12)15)13(17)16-6-7-20-8-11(16)14(18)19/h2-5,9,11H,6-8H2,1H3,(H,18,19)/t9-,11+/m1/s1. The van der Waals surface area contributed by atoms with Gasteiger partial charge < -0.3 is 19.5 Å². The number of aliphatic carboxylic acids is 1. The number of carboxylic acids is 1. The normalized spacial score (nSPS) is 19.9. The first-order chi connectivity index (χ1) is 10.0. The Labute approximate surface area is 127 Å². The SMILES string of the molecule is C[C@@H](Oc1ccccc1Cl)C(=O)N1CCOC[C@H]1C(=O)O. The van der Waals surface area contributed by atoms with Crippen LogP contribution in [0.3, 0.4) is 0 Å². The first kappa shape index (κ1) is 15.6. The molecule has 1 fully saturated rings. The molecular formula is C14H16ClNO5. The first-order valence-corrected chi connectivity index (χ1v) is 6.90. The zero-order chi connectivity index (χ0) is 15.4. The van der Waals surface area contributed by atoms with E-state index in [2.05, 4.69) is 0 Å². The van der Waals surface area contributed by atoms with Gasteiger partial charge in [0.05, 0.1) is 18.2 Å². The predicted molar refractivity (Wildman–Crippen MR) is 75.5 cm³/mol. The molecule has 1 saturated heterocycles. The summed E-state index contributed by atoms with van der Waals surface area (Å²) in [6.07, 6.45) is -0.829. The van der Waals surface area contributed by atoms with Gasteiger partial charge in [0.15, 0.2) is 12.1 Å². The van der Waals surface area contributed by atoms with E-state index in [-0.39, 0.29) is 13.2 Å². The molecule has 0 bridgehead atoms. The number of benzene rings is 1. The second-order valence-electron chi connectivity index (χ2n) is 4.65. The van der Waals surface area contributed by atoms with Gasteiger partial charge in [0, 0.05) is 6.54 Å². The molecule has 0 spiro atoms. The monoisotopic (exact) mass is 313 g/mol. The Morgan fingerprint density at radius 1 is 1.48 bits per heavy atom. The van der Waals surface area contributed by atoms with Crippen LogP contribution in [0.5, 0.6) is 5.75 Å². The van der Waals surface area contributed by atoms with Gasteiger partial charge in [-0.05, 0) is 19.1 Å². The van der Waals surface area contributed by atoms with Crippen LogP contribution in [-0.2, 0) is 14.3 Å². The summed E-state index contributed by atoms with van der Waals surface area (Å²) in [7, 11) is 0. The van der Waals surface area contributed by atoms with Crippen LogP contribution >= 0.6 is 11.6 Å². The molecule has 2 atom stereocenters. The fourth-order valence-corrected chi connectivity index (χ4v) is 2.27. The highest BCUT2D eigenvalue weighted by Crippen LogP contribution is 2.24. The Balaban J connectivity index is 2.07. The fraction of sp³-hybridized carbons (Fsp3) is 0.429. The lowest BCUT2D eigenvalue weighted by molar-refractivity contribution is -0.161. The van der Waals surface area contributed by atoms with E-state index >= 15 is 0 Å². The summed E-state index contributed by atoms with van der Waals surface area (Å²) in [5.74, 6) is -1.10. The first-order valence-electron chi connectivity index (χ1n) is 6.53. The van der Waals surface area contributed by atoms with Crippen molar-refractivity contribution in [1.82, 2.24) is 4.90 Å². The van der Waals surface area contributed by atoms with Crippen LogP contribution in [0.2, 0.25) is 5.02 Å². The molecule has 1 aliphatic heterocycles. The van der Waals surface area contributed by atoms with E-state index in [0.29, 0.717) is 17.4 Å². The molecule has 0 unspecified atom stereocenters. The van der Waals surface area contributed by atoms with Gasteiger partial charge in [-0.3, -0.25) is 4.79 Å². The predicted octanol–water partition coefficient (Wildman–Crippen LogP) is 1.42. The molecule has 1 aliphatic rings. The van der Waals surface area contributed by atoms with Crippen molar-refractivity contribution >= 4 is 23.5 Å². The average molecular weight is 314 g/mol. The average Bonchev–Trinajstić information content (AvgIpc) is 2.48. The number of ether oxygens (including phenoxy) is 2. The van der Waals surface area contributed by atoms with Crippen LogP contribution in [0.15, 0.2) is 24.3 Å². The van der Waals surface area contributed by atoms with E-state index in [1.54, 1.807) is 31.2 Å². The van der Waals surface area contributed by atoms with Crippen molar-refractivity contribution in [2.75, 3.05) is 19.8 Å². The lowest BCUT2D eigenvalue weighted by Gasteiger charge is -2.34. The third kappa shape index (κ3) is 3.65. The molecule has 6 nitrogen and oxygen atoms in total. The number of hydrogen-bond donors (Lipinski definition) is 1. The number of amides is 1. The van der Waals surface area contributed by atoms with Gasteiger partial charge in [-0.1, -0.05) is 23.7 Å². The Morgan fingerprint density at radius 3 is 2.86 bits per heavy atom. The summed E-state index contributed by atoms with van der Waals surface area (Å²) >= 11 is 5.97. The molecule has 0 aromatic heterocycles. The molecule has 21 heavy (non-hydrogen) atoms. The quantitative estimate of drug-likeness (QED) is 0.910. The second kappa shape index (κ2) is 6.78. The molecule has 7 heteroatoms. The molecule has 1 aromatic rings. The number of rotatable bonds is 4. The molecule has 1 amide bonds. The zero-order valence-corrected chi connectivity index (χ0v) is 12.2. The van der Waals surface area contributed by atoms with Crippen molar-refractivity contribution in [3.8, 4) is 5.75 Å². The van der Waals surface area contributed by atoms with E-state index in [1.807, 2.05) is 0 Å². The van der Waals surface area contributed by atoms with E-state index < -0.39 is 24.0 Å². The highest BCUT2D eigenvalue weighted by Gasteiger charge is 2.35. The Bertz CT molecular complexity index is 536. The van der Waals surface area contributed by atoms with Gasteiger partial charge in [-0.25, -0.2) is 4.79 Å². The molecule has 0 radical (unpaired) electrons. The number of morpholine rings is 1. The molecule has 0 saturated carbocycles. The second-order valence-corrected chi connectivity index (χ2v) is 5.06. The topological polar surface area (TPSA) is 76.1 Å². The molecule has 1 N–H and O–H groups in total. The van der Waals surface area contributed by atoms with Gasteiger partial charge in [0.1, 0.15) is 5.75 Å². The number of carboxylic acid groups (broad SMARTS) is 1. The lowest BCUT2D eigenvalue weighted by atomic mass is 10.2. The third-order valence-electron chi connectivity index (χ3n) is 3.18. The molecule has 1 heterocycles. The van der Waals surface area contributed by atoms with Gasteiger partial charge in [-0.2, -0.15) is 0 Å². The van der Waals surface area contributed by atoms with Gasteiger partial charge >= 0.3 is 5.97 Å². The molecule has 0 aliphatic carbocycles. The summed E-state index contributed by atoms with van der Waals surface area (Å²) < 4.78 is 10.6. The van der Waals surface area contributed by atoms with Gasteiger partial charge in [0.25, 0.3) is 5.91 Å². The number of para-hydroxylation sites is 1. The summed E-state index contributed by atoms with van der Waals surface area (Å²) in [5.41, 5.74) is 0. The fourth-order valence-electron chi connectivity index (χ4n) is 2.09. The van der Waals surface area contributed by atoms with Gasteiger partial charge in [-0.15, -0.1) is 0 Å². The van der Waals surface area contributed by atoms with Crippen LogP contribution in [-0.4, -0.2) is 53.8 Å². The Morgan fingerprint density at radius 2 is 2.19 bits per heavy atom. The third-order valence-corrected chi connectivity index (χ3v) is 3.50. The van der Waals surface area contributed by atoms with Crippen molar-refractivity contribution in [1.29, 1.82) is 0 Å². The Kier molecular flexibility index (Phi) is 5.03. The zero-order valence-electron chi connectivity index (χ0n) is 11.5. The maximum atomic E-state index is 12.4. The van der Waals surface area contributed by atoms with E-state index in [9.17, 15) is 9.59 Å². The van der Waals surface area contributed by atoms with Crippen molar-refractivity contribution in [2.45, 2.75) is 19.1 Å².